The number of nitrogens with zero attached hydrogens (tertiary/aromatic N) is 1. The van der Waals surface area contributed by atoms with E-state index in [2.05, 4.69) is 15.6 Å². The highest BCUT2D eigenvalue weighted by Gasteiger charge is 2.03. The maximum Gasteiger partial charge on any atom is 0.239 e. The third-order valence-corrected chi connectivity index (χ3v) is 1.88. The number of likely N-dealkylation sites (N-methyl/N-ethyl adjacent to an activating group) is 1. The number of halogens is 1. The van der Waals surface area contributed by atoms with Gasteiger partial charge in [-0.15, -0.1) is 0 Å². The first kappa shape index (κ1) is 11.6. The number of nitrogens with one attached hydrogen (secondary N) is 2. The van der Waals surface area contributed by atoms with Crippen LogP contribution in [0.25, 0.3) is 0 Å². The van der Waals surface area contributed by atoms with Gasteiger partial charge >= 0.3 is 0 Å². The highest BCUT2D eigenvalue weighted by Crippen LogP contribution is 2.18. The smallest absolute Gasteiger partial charge is 0.239 e. The highest BCUT2D eigenvalue weighted by molar-refractivity contribution is 6.30. The van der Waals surface area contributed by atoms with Gasteiger partial charge in [0, 0.05) is 12.7 Å². The Kier molecular flexibility index (Phi) is 4.17. The number of hydrogen-bond acceptors (Lipinski definition) is 4. The molecular weight excluding hydrogens is 216 g/mol. The van der Waals surface area contributed by atoms with Crippen LogP contribution in [0.1, 0.15) is 6.92 Å². The summed E-state index contributed by atoms with van der Waals surface area (Å²) in [5.41, 5.74) is 6.06. The molecule has 0 spiro atoms. The van der Waals surface area contributed by atoms with E-state index in [1.165, 1.54) is 6.20 Å². The Morgan fingerprint density at radius 2 is 2.40 bits per heavy atom. The molecule has 1 aromatic heterocycles. The van der Waals surface area contributed by atoms with Crippen LogP contribution in [0, 0.1) is 0 Å². The highest BCUT2D eigenvalue weighted by atomic mass is 35.5. The predicted molar refractivity (Wildman–Crippen MR) is 60.8 cm³/mol. The minimum atomic E-state index is -0.103. The summed E-state index contributed by atoms with van der Waals surface area (Å²) < 4.78 is 0. The minimum Gasteiger partial charge on any atom is -0.396 e. The maximum atomic E-state index is 11.1. The van der Waals surface area contributed by atoms with Crippen LogP contribution in [0.15, 0.2) is 12.3 Å². The molecule has 4 N–H and O–H groups in total. The van der Waals surface area contributed by atoms with Crippen molar-refractivity contribution in [2.45, 2.75) is 6.92 Å². The summed E-state index contributed by atoms with van der Waals surface area (Å²) in [4.78, 5) is 15.1. The van der Waals surface area contributed by atoms with E-state index in [0.717, 1.165) is 0 Å². The third-order valence-electron chi connectivity index (χ3n) is 1.67. The molecule has 0 unspecified atom stereocenters. The van der Waals surface area contributed by atoms with E-state index in [9.17, 15) is 4.79 Å². The molecule has 0 radical (unpaired) electrons. The summed E-state index contributed by atoms with van der Waals surface area (Å²) >= 11 is 5.68. The summed E-state index contributed by atoms with van der Waals surface area (Å²) in [6.07, 6.45) is 1.47. The van der Waals surface area contributed by atoms with Crippen molar-refractivity contribution in [2.75, 3.05) is 24.1 Å². The molecule has 0 saturated heterocycles. The fourth-order valence-corrected chi connectivity index (χ4v) is 1.19. The lowest BCUT2D eigenvalue weighted by Crippen LogP contribution is -2.29. The van der Waals surface area contributed by atoms with E-state index >= 15 is 0 Å². The molecule has 1 rings (SSSR count). The second-order valence-corrected chi connectivity index (χ2v) is 3.33. The zero-order chi connectivity index (χ0) is 11.3. The lowest BCUT2D eigenvalue weighted by atomic mass is 10.4. The van der Waals surface area contributed by atoms with Crippen LogP contribution in [-0.4, -0.2) is 24.0 Å². The minimum absolute atomic E-state index is 0.103. The van der Waals surface area contributed by atoms with E-state index in [-0.39, 0.29) is 12.5 Å². The van der Waals surface area contributed by atoms with Gasteiger partial charge in [-0.1, -0.05) is 11.6 Å². The molecule has 0 aliphatic heterocycles. The van der Waals surface area contributed by atoms with Crippen molar-refractivity contribution in [1.29, 1.82) is 0 Å². The second kappa shape index (κ2) is 5.41. The number of amides is 1. The van der Waals surface area contributed by atoms with E-state index < -0.39 is 0 Å². The summed E-state index contributed by atoms with van der Waals surface area (Å²) in [5.74, 6) is 0.360. The topological polar surface area (TPSA) is 80.0 Å². The van der Waals surface area contributed by atoms with Gasteiger partial charge in [-0.3, -0.25) is 4.79 Å². The molecule has 1 amide bonds. The Morgan fingerprint density at radius 3 is 3.00 bits per heavy atom. The normalized spacial score (nSPS) is 9.73. The fraction of sp³-hybridized carbons (Fsp3) is 0.333. The first-order chi connectivity index (χ1) is 7.13. The van der Waals surface area contributed by atoms with Gasteiger partial charge in [-0.05, 0) is 13.0 Å². The summed E-state index contributed by atoms with van der Waals surface area (Å²) in [7, 11) is 0. The Labute approximate surface area is 93.0 Å². The van der Waals surface area contributed by atoms with Crippen molar-refractivity contribution in [1.82, 2.24) is 10.3 Å². The van der Waals surface area contributed by atoms with Gasteiger partial charge in [0.1, 0.15) is 5.82 Å². The lowest BCUT2D eigenvalue weighted by Gasteiger charge is -2.07. The molecule has 82 valence electrons. The molecule has 0 aliphatic carbocycles. The van der Waals surface area contributed by atoms with Crippen molar-refractivity contribution in [3.8, 4) is 0 Å². The SMILES string of the molecule is CCNC(=O)CNc1ncc(Cl)cc1N. The van der Waals surface area contributed by atoms with Crippen LogP contribution >= 0.6 is 11.6 Å². The monoisotopic (exact) mass is 228 g/mol. The van der Waals surface area contributed by atoms with Crippen LogP contribution in [0.2, 0.25) is 5.02 Å². The molecule has 0 atom stereocenters. The number of carbonyl (C=O) groups excluding carboxylic acids is 1. The van der Waals surface area contributed by atoms with Crippen molar-refractivity contribution in [2.24, 2.45) is 0 Å². The molecule has 1 heterocycles. The summed E-state index contributed by atoms with van der Waals surface area (Å²) in [5, 5.41) is 5.94. The average Bonchev–Trinajstić information content (AvgIpc) is 2.17. The van der Waals surface area contributed by atoms with E-state index in [0.29, 0.717) is 23.1 Å². The van der Waals surface area contributed by atoms with Crippen molar-refractivity contribution in [3.63, 3.8) is 0 Å². The van der Waals surface area contributed by atoms with Crippen LogP contribution in [0.3, 0.4) is 0 Å². The van der Waals surface area contributed by atoms with E-state index in [4.69, 9.17) is 17.3 Å². The molecule has 15 heavy (non-hydrogen) atoms. The molecule has 0 fully saturated rings. The predicted octanol–water partition coefficient (Wildman–Crippen LogP) is 0.865. The Hall–Kier alpha value is -1.49. The molecule has 5 nitrogen and oxygen atoms in total. The number of pyridine rings is 1. The van der Waals surface area contributed by atoms with Crippen molar-refractivity contribution in [3.05, 3.63) is 17.3 Å². The largest absolute Gasteiger partial charge is 0.396 e. The first-order valence-corrected chi connectivity index (χ1v) is 4.93. The number of aromatic nitrogens is 1. The Balaban J connectivity index is 2.54. The Morgan fingerprint density at radius 1 is 1.67 bits per heavy atom. The van der Waals surface area contributed by atoms with E-state index in [1.807, 2.05) is 6.92 Å². The number of rotatable bonds is 4. The van der Waals surface area contributed by atoms with Gasteiger partial charge in [-0.25, -0.2) is 4.98 Å². The van der Waals surface area contributed by atoms with Gasteiger partial charge in [0.2, 0.25) is 5.91 Å². The maximum absolute atomic E-state index is 11.1. The Bertz CT molecular complexity index is 356. The van der Waals surface area contributed by atoms with Crippen LogP contribution in [-0.2, 0) is 4.79 Å². The summed E-state index contributed by atoms with van der Waals surface area (Å²) in [6, 6.07) is 1.58. The van der Waals surface area contributed by atoms with Crippen LogP contribution in [0.5, 0.6) is 0 Å². The second-order valence-electron chi connectivity index (χ2n) is 2.90. The lowest BCUT2D eigenvalue weighted by molar-refractivity contribution is -0.119. The standard InChI is InChI=1S/C9H13ClN4O/c1-2-12-8(15)5-14-9-7(11)3-6(10)4-13-9/h3-4H,2,5,11H2,1H3,(H,12,15)(H,13,14). The van der Waals surface area contributed by atoms with Crippen LogP contribution in [0.4, 0.5) is 11.5 Å². The van der Waals surface area contributed by atoms with Gasteiger partial charge in [-0.2, -0.15) is 0 Å². The van der Waals surface area contributed by atoms with Gasteiger partial charge < -0.3 is 16.4 Å². The molecular formula is C9H13ClN4O. The number of anilines is 2. The van der Waals surface area contributed by atoms with Gasteiger partial charge in [0.05, 0.1) is 17.3 Å². The van der Waals surface area contributed by atoms with Crippen LogP contribution < -0.4 is 16.4 Å². The molecule has 1 aromatic rings. The average molecular weight is 229 g/mol. The third kappa shape index (κ3) is 3.63. The molecule has 0 bridgehead atoms. The van der Waals surface area contributed by atoms with Gasteiger partial charge in [0.25, 0.3) is 0 Å². The summed E-state index contributed by atoms with van der Waals surface area (Å²) in [6.45, 7) is 2.60. The molecule has 6 heteroatoms. The zero-order valence-electron chi connectivity index (χ0n) is 8.38. The number of nitrogens with two attached hydrogens (primary N) is 1. The molecule has 0 aliphatic rings. The fourth-order valence-electron chi connectivity index (χ4n) is 1.03. The van der Waals surface area contributed by atoms with Crippen molar-refractivity contribution >= 4 is 29.0 Å². The molecule has 0 aromatic carbocycles. The zero-order valence-corrected chi connectivity index (χ0v) is 9.14. The van der Waals surface area contributed by atoms with E-state index in [1.54, 1.807) is 6.07 Å². The molecule has 0 saturated carbocycles. The quantitative estimate of drug-likeness (QED) is 0.714. The van der Waals surface area contributed by atoms with Gasteiger partial charge in [0.15, 0.2) is 0 Å². The number of nitrogen functional groups attached to an aromatic ring is 1. The first-order valence-electron chi connectivity index (χ1n) is 4.55. The van der Waals surface area contributed by atoms with Crippen molar-refractivity contribution < 1.29 is 4.79 Å². The number of hydrogen-bond donors (Lipinski definition) is 3. The number of carbonyl (C=O) groups is 1.